The number of benzene rings is 1. The van der Waals surface area contributed by atoms with Gasteiger partial charge in [0, 0.05) is 37.1 Å². The summed E-state index contributed by atoms with van der Waals surface area (Å²) in [6.45, 7) is 3.58. The zero-order chi connectivity index (χ0) is 15.4. The van der Waals surface area contributed by atoms with Crippen LogP contribution < -0.4 is 5.73 Å². The number of piperazine rings is 1. The van der Waals surface area contributed by atoms with Gasteiger partial charge in [-0.15, -0.1) is 0 Å². The van der Waals surface area contributed by atoms with E-state index in [9.17, 15) is 9.59 Å². The lowest BCUT2D eigenvalue weighted by Gasteiger charge is -2.34. The number of rotatable bonds is 4. The molecule has 21 heavy (non-hydrogen) atoms. The van der Waals surface area contributed by atoms with Gasteiger partial charge in [0.15, 0.2) is 0 Å². The van der Waals surface area contributed by atoms with Crippen LogP contribution in [0, 0.1) is 0 Å². The van der Waals surface area contributed by atoms with Gasteiger partial charge in [0.25, 0.3) is 0 Å². The molecular weight excluding hydrogens is 290 g/mol. The van der Waals surface area contributed by atoms with E-state index < -0.39 is 0 Å². The van der Waals surface area contributed by atoms with Crippen molar-refractivity contribution in [1.82, 2.24) is 9.80 Å². The van der Waals surface area contributed by atoms with Gasteiger partial charge in [0.05, 0.1) is 6.54 Å². The Kier molecular flexibility index (Phi) is 5.20. The van der Waals surface area contributed by atoms with Gasteiger partial charge < -0.3 is 15.5 Å². The van der Waals surface area contributed by atoms with Crippen molar-refractivity contribution in [3.05, 3.63) is 34.9 Å². The molecule has 5 nitrogen and oxygen atoms in total. The number of nitrogens with zero attached hydrogens (tertiary/aromatic N) is 2. The number of nitrogens with two attached hydrogens (primary N) is 1. The highest BCUT2D eigenvalue weighted by molar-refractivity contribution is 6.30. The van der Waals surface area contributed by atoms with E-state index in [1.807, 2.05) is 24.3 Å². The third-order valence-electron chi connectivity index (χ3n) is 3.45. The van der Waals surface area contributed by atoms with Crippen molar-refractivity contribution in [3.63, 3.8) is 0 Å². The van der Waals surface area contributed by atoms with Crippen LogP contribution in [-0.4, -0.2) is 47.3 Å². The predicted octanol–water partition coefficient (Wildman–Crippen LogP) is 1.25. The number of halogens is 1. The summed E-state index contributed by atoms with van der Waals surface area (Å²) in [7, 11) is 0. The smallest absolute Gasteiger partial charge is 0.242 e. The number of carbonyl (C=O) groups is 2. The lowest BCUT2D eigenvalue weighted by Crippen LogP contribution is -2.52. The molecule has 1 atom stereocenters. The van der Waals surface area contributed by atoms with Crippen LogP contribution in [0.15, 0.2) is 24.3 Å². The molecule has 0 spiro atoms. The minimum absolute atomic E-state index is 0.0331. The summed E-state index contributed by atoms with van der Waals surface area (Å²) in [5, 5.41) is 0.677. The Labute approximate surface area is 129 Å². The van der Waals surface area contributed by atoms with Crippen LogP contribution in [0.5, 0.6) is 0 Å². The topological polar surface area (TPSA) is 66.6 Å². The molecule has 0 saturated carbocycles. The Hall–Kier alpha value is -1.59. The number of hydrogen-bond acceptors (Lipinski definition) is 3. The van der Waals surface area contributed by atoms with Gasteiger partial charge in [0.2, 0.25) is 11.8 Å². The van der Waals surface area contributed by atoms with Crippen molar-refractivity contribution in [2.45, 2.75) is 25.9 Å². The normalized spacial score (nSPS) is 17.0. The molecule has 0 aromatic heterocycles. The van der Waals surface area contributed by atoms with Gasteiger partial charge >= 0.3 is 0 Å². The predicted molar refractivity (Wildman–Crippen MR) is 81.7 cm³/mol. The Balaban J connectivity index is 1.90. The van der Waals surface area contributed by atoms with Crippen LogP contribution in [0.2, 0.25) is 5.02 Å². The zero-order valence-corrected chi connectivity index (χ0v) is 12.8. The first kappa shape index (κ1) is 15.8. The Morgan fingerprint density at radius 2 is 2.00 bits per heavy atom. The molecule has 1 aromatic rings. The summed E-state index contributed by atoms with van der Waals surface area (Å²) >= 11 is 5.84. The minimum atomic E-state index is -0.181. The molecule has 1 saturated heterocycles. The molecule has 114 valence electrons. The second-order valence-corrected chi connectivity index (χ2v) is 5.87. The third kappa shape index (κ3) is 4.44. The third-order valence-corrected chi connectivity index (χ3v) is 3.71. The second kappa shape index (κ2) is 6.91. The largest absolute Gasteiger partial charge is 0.335 e. The summed E-state index contributed by atoms with van der Waals surface area (Å²) in [6.07, 6.45) is 0.282. The highest BCUT2D eigenvalue weighted by atomic mass is 35.5. The lowest BCUT2D eigenvalue weighted by molar-refractivity contribution is -0.145. The Morgan fingerprint density at radius 1 is 1.33 bits per heavy atom. The fourth-order valence-electron chi connectivity index (χ4n) is 2.30. The van der Waals surface area contributed by atoms with E-state index in [-0.39, 0.29) is 30.8 Å². The van der Waals surface area contributed by atoms with E-state index in [0.717, 1.165) is 5.56 Å². The molecule has 2 N–H and O–H groups in total. The van der Waals surface area contributed by atoms with Crippen LogP contribution in [0.4, 0.5) is 0 Å². The summed E-state index contributed by atoms with van der Waals surface area (Å²) in [4.78, 5) is 27.4. The lowest BCUT2D eigenvalue weighted by atomic mass is 10.1. The SMILES string of the molecule is CC(N)CC(=O)N1CCN(Cc2ccc(Cl)cc2)C(=O)C1. The fraction of sp³-hybridized carbons (Fsp3) is 0.467. The molecule has 1 unspecified atom stereocenters. The molecule has 1 aromatic carbocycles. The van der Waals surface area contributed by atoms with Crippen LogP contribution in [0.25, 0.3) is 0 Å². The average molecular weight is 310 g/mol. The van der Waals surface area contributed by atoms with Crippen molar-refractivity contribution in [2.75, 3.05) is 19.6 Å². The maximum Gasteiger partial charge on any atom is 0.242 e. The summed E-state index contributed by atoms with van der Waals surface area (Å²) in [5.41, 5.74) is 6.65. The maximum atomic E-state index is 12.1. The van der Waals surface area contributed by atoms with E-state index in [1.54, 1.807) is 16.7 Å². The summed E-state index contributed by atoms with van der Waals surface area (Å²) < 4.78 is 0. The van der Waals surface area contributed by atoms with Gasteiger partial charge in [0.1, 0.15) is 0 Å². The van der Waals surface area contributed by atoms with Crippen LogP contribution in [0.3, 0.4) is 0 Å². The monoisotopic (exact) mass is 309 g/mol. The Morgan fingerprint density at radius 3 is 2.57 bits per heavy atom. The van der Waals surface area contributed by atoms with E-state index in [2.05, 4.69) is 0 Å². The van der Waals surface area contributed by atoms with Crippen LogP contribution >= 0.6 is 11.6 Å². The number of hydrogen-bond donors (Lipinski definition) is 1. The standard InChI is InChI=1S/C15H20ClN3O2/c1-11(17)8-14(20)19-7-6-18(15(21)10-19)9-12-2-4-13(16)5-3-12/h2-5,11H,6-10,17H2,1H3. The molecule has 1 fully saturated rings. The molecule has 1 aliphatic rings. The molecule has 2 amide bonds. The number of carbonyl (C=O) groups excluding carboxylic acids is 2. The fourth-order valence-corrected chi connectivity index (χ4v) is 2.43. The first-order valence-electron chi connectivity index (χ1n) is 7.01. The van der Waals surface area contributed by atoms with Crippen molar-refractivity contribution >= 4 is 23.4 Å². The molecule has 2 rings (SSSR count). The van der Waals surface area contributed by atoms with Gasteiger partial charge in [-0.3, -0.25) is 9.59 Å². The van der Waals surface area contributed by atoms with Gasteiger partial charge in [-0.25, -0.2) is 0 Å². The zero-order valence-electron chi connectivity index (χ0n) is 12.1. The Bertz CT molecular complexity index is 516. The van der Waals surface area contributed by atoms with Crippen LogP contribution in [-0.2, 0) is 16.1 Å². The quantitative estimate of drug-likeness (QED) is 0.910. The molecule has 0 bridgehead atoms. The molecular formula is C15H20ClN3O2. The number of amides is 2. The van der Waals surface area contributed by atoms with E-state index in [0.29, 0.717) is 24.7 Å². The first-order valence-corrected chi connectivity index (χ1v) is 7.39. The van der Waals surface area contributed by atoms with Crippen molar-refractivity contribution in [1.29, 1.82) is 0 Å². The van der Waals surface area contributed by atoms with Gasteiger partial charge in [-0.2, -0.15) is 0 Å². The summed E-state index contributed by atoms with van der Waals surface area (Å²) in [5.74, 6) is -0.0845. The summed E-state index contributed by atoms with van der Waals surface area (Å²) in [6, 6.07) is 7.25. The molecule has 1 aliphatic heterocycles. The van der Waals surface area contributed by atoms with Gasteiger partial charge in [-0.05, 0) is 24.6 Å². The average Bonchev–Trinajstić information content (AvgIpc) is 2.42. The molecule has 0 aliphatic carbocycles. The highest BCUT2D eigenvalue weighted by Crippen LogP contribution is 2.14. The van der Waals surface area contributed by atoms with E-state index in [1.165, 1.54) is 0 Å². The molecule has 6 heteroatoms. The van der Waals surface area contributed by atoms with Crippen molar-refractivity contribution < 1.29 is 9.59 Å². The van der Waals surface area contributed by atoms with Crippen LogP contribution in [0.1, 0.15) is 18.9 Å². The van der Waals surface area contributed by atoms with Gasteiger partial charge in [-0.1, -0.05) is 23.7 Å². The minimum Gasteiger partial charge on any atom is -0.335 e. The van der Waals surface area contributed by atoms with Crippen molar-refractivity contribution in [3.8, 4) is 0 Å². The second-order valence-electron chi connectivity index (χ2n) is 5.44. The van der Waals surface area contributed by atoms with E-state index >= 15 is 0 Å². The molecule has 0 radical (unpaired) electrons. The van der Waals surface area contributed by atoms with E-state index in [4.69, 9.17) is 17.3 Å². The first-order chi connectivity index (χ1) is 9.95. The molecule has 1 heterocycles. The van der Waals surface area contributed by atoms with Crippen molar-refractivity contribution in [2.24, 2.45) is 5.73 Å². The maximum absolute atomic E-state index is 12.1. The highest BCUT2D eigenvalue weighted by Gasteiger charge is 2.27.